The molecule has 0 aromatic heterocycles. The number of halogens is 1. The zero-order valence-electron chi connectivity index (χ0n) is 20.6. The maximum Gasteiger partial charge on any atom is 0.154 e. The number of alkyl halides is 1. The Bertz CT molecular complexity index is 800. The summed E-state index contributed by atoms with van der Waals surface area (Å²) in [6.07, 6.45) is 13.2. The van der Waals surface area contributed by atoms with Gasteiger partial charge in [0.15, 0.2) is 5.67 Å². The molecule has 3 fully saturated rings. The van der Waals surface area contributed by atoms with E-state index in [-0.39, 0.29) is 11.3 Å². The van der Waals surface area contributed by atoms with Crippen LogP contribution in [0.25, 0.3) is 0 Å². The van der Waals surface area contributed by atoms with Crippen LogP contribution in [0.4, 0.5) is 4.39 Å². The van der Waals surface area contributed by atoms with E-state index in [4.69, 9.17) is 0 Å². The molecule has 0 unspecified atom stereocenters. The molecular formula is C28H43FO3. The number of hydrogen-bond acceptors (Lipinski definition) is 3. The van der Waals surface area contributed by atoms with Crippen LogP contribution < -0.4 is 0 Å². The molecule has 0 spiro atoms. The lowest BCUT2D eigenvalue weighted by Crippen LogP contribution is -2.42. The van der Waals surface area contributed by atoms with E-state index in [0.29, 0.717) is 24.7 Å². The van der Waals surface area contributed by atoms with Crippen molar-refractivity contribution in [1.82, 2.24) is 0 Å². The molecule has 32 heavy (non-hydrogen) atoms. The molecule has 3 nitrogen and oxygen atoms in total. The van der Waals surface area contributed by atoms with Gasteiger partial charge in [0.25, 0.3) is 0 Å². The summed E-state index contributed by atoms with van der Waals surface area (Å²) in [4.78, 5) is 0. The Morgan fingerprint density at radius 2 is 1.88 bits per heavy atom. The van der Waals surface area contributed by atoms with Gasteiger partial charge in [-0.3, -0.25) is 0 Å². The van der Waals surface area contributed by atoms with Crippen LogP contribution >= 0.6 is 0 Å². The summed E-state index contributed by atoms with van der Waals surface area (Å²) >= 11 is 0. The largest absolute Gasteiger partial charge is 0.393 e. The average Bonchev–Trinajstić information content (AvgIpc) is 3.04. The van der Waals surface area contributed by atoms with Gasteiger partial charge < -0.3 is 15.3 Å². The topological polar surface area (TPSA) is 60.7 Å². The predicted octanol–water partition coefficient (Wildman–Crippen LogP) is 5.82. The zero-order valence-corrected chi connectivity index (χ0v) is 20.6. The molecule has 4 heteroatoms. The van der Waals surface area contributed by atoms with Crippen molar-refractivity contribution in [3.05, 3.63) is 47.6 Å². The van der Waals surface area contributed by atoms with Crippen molar-refractivity contribution in [1.29, 1.82) is 0 Å². The molecule has 0 aromatic rings. The lowest BCUT2D eigenvalue weighted by Gasteiger charge is -2.44. The van der Waals surface area contributed by atoms with Gasteiger partial charge in [0, 0.05) is 6.42 Å². The van der Waals surface area contributed by atoms with E-state index in [0.717, 1.165) is 36.8 Å². The van der Waals surface area contributed by atoms with Gasteiger partial charge in [0.2, 0.25) is 0 Å². The Morgan fingerprint density at radius 3 is 2.53 bits per heavy atom. The molecule has 3 aliphatic rings. The first-order chi connectivity index (χ1) is 14.8. The van der Waals surface area contributed by atoms with Crippen molar-refractivity contribution in [2.45, 2.75) is 103 Å². The lowest BCUT2D eigenvalue weighted by atomic mass is 9.61. The fourth-order valence-electron chi connectivity index (χ4n) is 6.28. The SMILES string of the molecule is C=C1/C(=C/C=C2\CCC[C@]3(C)[C@@H]([C@H](C)/C=C/[C@@](C)(F)C(C)(C)O)CC[C@@H]23)C[C@@H](O)C[C@@H]1O. The molecule has 0 radical (unpaired) electrons. The highest BCUT2D eigenvalue weighted by Crippen LogP contribution is 2.59. The minimum Gasteiger partial charge on any atom is -0.393 e. The van der Waals surface area contributed by atoms with Crippen LogP contribution in [-0.4, -0.2) is 38.8 Å². The van der Waals surface area contributed by atoms with Crippen molar-refractivity contribution in [3.8, 4) is 0 Å². The van der Waals surface area contributed by atoms with Crippen LogP contribution in [-0.2, 0) is 0 Å². The Morgan fingerprint density at radius 1 is 1.19 bits per heavy atom. The van der Waals surface area contributed by atoms with Crippen molar-refractivity contribution in [2.24, 2.45) is 23.2 Å². The average molecular weight is 447 g/mol. The Balaban J connectivity index is 1.78. The van der Waals surface area contributed by atoms with Crippen LogP contribution in [0.1, 0.15) is 79.6 Å². The van der Waals surface area contributed by atoms with Gasteiger partial charge >= 0.3 is 0 Å². The summed E-state index contributed by atoms with van der Waals surface area (Å²) in [7, 11) is 0. The van der Waals surface area contributed by atoms with Gasteiger partial charge in [0.1, 0.15) is 0 Å². The lowest BCUT2D eigenvalue weighted by molar-refractivity contribution is -0.0389. The van der Waals surface area contributed by atoms with Gasteiger partial charge in [-0.1, -0.05) is 44.2 Å². The molecule has 0 aliphatic heterocycles. The van der Waals surface area contributed by atoms with Gasteiger partial charge in [-0.2, -0.15) is 0 Å². The smallest absolute Gasteiger partial charge is 0.154 e. The molecule has 0 saturated heterocycles. The maximum atomic E-state index is 14.9. The predicted molar refractivity (Wildman–Crippen MR) is 129 cm³/mol. The van der Waals surface area contributed by atoms with E-state index in [1.807, 2.05) is 6.08 Å². The van der Waals surface area contributed by atoms with E-state index < -0.39 is 23.5 Å². The maximum absolute atomic E-state index is 14.9. The van der Waals surface area contributed by atoms with E-state index >= 15 is 0 Å². The second-order valence-corrected chi connectivity index (χ2v) is 11.5. The number of allylic oxidation sites excluding steroid dienone is 4. The summed E-state index contributed by atoms with van der Waals surface area (Å²) < 4.78 is 14.9. The van der Waals surface area contributed by atoms with Gasteiger partial charge in [-0.05, 0) is 99.7 Å². The molecule has 180 valence electrons. The van der Waals surface area contributed by atoms with Crippen molar-refractivity contribution >= 4 is 0 Å². The number of aliphatic hydroxyl groups is 3. The first-order valence-corrected chi connectivity index (χ1v) is 12.3. The van der Waals surface area contributed by atoms with E-state index in [1.54, 1.807) is 6.08 Å². The Labute approximate surface area is 193 Å². The van der Waals surface area contributed by atoms with Crippen LogP contribution in [0.15, 0.2) is 47.6 Å². The molecule has 0 amide bonds. The summed E-state index contributed by atoms with van der Waals surface area (Å²) in [6, 6.07) is 0. The van der Waals surface area contributed by atoms with Crippen LogP contribution in [0, 0.1) is 23.2 Å². The van der Waals surface area contributed by atoms with E-state index in [1.165, 1.54) is 32.8 Å². The van der Waals surface area contributed by atoms with Gasteiger partial charge in [-0.15, -0.1) is 0 Å². The summed E-state index contributed by atoms with van der Waals surface area (Å²) in [5.74, 6) is 1.22. The third-order valence-electron chi connectivity index (χ3n) is 8.85. The number of aliphatic hydroxyl groups excluding tert-OH is 2. The second-order valence-electron chi connectivity index (χ2n) is 11.5. The Hall–Kier alpha value is -1.23. The molecular weight excluding hydrogens is 403 g/mol. The fourth-order valence-corrected chi connectivity index (χ4v) is 6.28. The quantitative estimate of drug-likeness (QED) is 0.467. The van der Waals surface area contributed by atoms with E-state index in [2.05, 4.69) is 32.6 Å². The van der Waals surface area contributed by atoms with Crippen molar-refractivity contribution < 1.29 is 19.7 Å². The standard InChI is InChI=1S/C28H43FO3/c1-18(13-15-28(6,29)26(3,4)32)23-11-12-24-20(8-7-14-27(23,24)5)9-10-21-16-22(30)17-25(31)19(21)2/h9-10,13,15,18,22-25,30-32H,2,7-8,11-12,14,16-17H2,1,3-6H3/b15-13+,20-9+,21-10+/t18-,22-,23-,24+,25+,27-,28-/m1/s1. The van der Waals surface area contributed by atoms with Crippen molar-refractivity contribution in [2.75, 3.05) is 0 Å². The van der Waals surface area contributed by atoms with Gasteiger partial charge in [-0.25, -0.2) is 4.39 Å². The van der Waals surface area contributed by atoms with Crippen LogP contribution in [0.2, 0.25) is 0 Å². The zero-order chi connectivity index (χ0) is 23.9. The number of hydrogen-bond donors (Lipinski definition) is 3. The normalized spacial score (nSPS) is 39.5. The van der Waals surface area contributed by atoms with Crippen molar-refractivity contribution in [3.63, 3.8) is 0 Å². The van der Waals surface area contributed by atoms with Crippen LogP contribution in [0.5, 0.6) is 0 Å². The monoisotopic (exact) mass is 446 g/mol. The summed E-state index contributed by atoms with van der Waals surface area (Å²) in [5.41, 5.74) is 0.145. The first-order valence-electron chi connectivity index (χ1n) is 12.3. The highest BCUT2D eigenvalue weighted by atomic mass is 19.1. The Kier molecular flexibility index (Phi) is 7.30. The molecule has 3 saturated carbocycles. The second kappa shape index (κ2) is 9.19. The first kappa shape index (κ1) is 25.4. The number of rotatable bonds is 5. The summed E-state index contributed by atoms with van der Waals surface area (Å²) in [6.45, 7) is 13.1. The minimum absolute atomic E-state index is 0.177. The molecule has 7 atom stereocenters. The van der Waals surface area contributed by atoms with Crippen LogP contribution in [0.3, 0.4) is 0 Å². The molecule has 0 bridgehead atoms. The highest BCUT2D eigenvalue weighted by Gasteiger charge is 2.50. The molecule has 3 N–H and O–H groups in total. The molecule has 0 aromatic carbocycles. The number of fused-ring (bicyclic) bond motifs is 1. The third-order valence-corrected chi connectivity index (χ3v) is 8.85. The molecule has 3 aliphatic carbocycles. The summed E-state index contributed by atoms with van der Waals surface area (Å²) in [5, 5.41) is 30.3. The third kappa shape index (κ3) is 4.98. The highest BCUT2D eigenvalue weighted by molar-refractivity contribution is 5.38. The molecule has 3 rings (SSSR count). The molecule has 0 heterocycles. The van der Waals surface area contributed by atoms with Gasteiger partial charge in [0.05, 0.1) is 17.8 Å². The fraction of sp³-hybridized carbons (Fsp3) is 0.714. The minimum atomic E-state index is -1.76. The van der Waals surface area contributed by atoms with E-state index in [9.17, 15) is 19.7 Å².